The molecule has 2 rings (SSSR count). The van der Waals surface area contributed by atoms with Crippen LogP contribution in [-0.4, -0.2) is 30.0 Å². The molecule has 94 valence electrons. The molecule has 0 fully saturated rings. The lowest BCUT2D eigenvalue weighted by Crippen LogP contribution is -2.31. The van der Waals surface area contributed by atoms with Gasteiger partial charge in [-0.05, 0) is 18.9 Å². The number of nitrogens with zero attached hydrogens (tertiary/aromatic N) is 2. The van der Waals surface area contributed by atoms with Gasteiger partial charge in [-0.15, -0.1) is 0 Å². The van der Waals surface area contributed by atoms with E-state index in [9.17, 15) is 13.2 Å². The maximum absolute atomic E-state index is 12.7. The van der Waals surface area contributed by atoms with E-state index in [-0.39, 0.29) is 6.04 Å². The van der Waals surface area contributed by atoms with E-state index < -0.39 is 11.7 Å². The van der Waals surface area contributed by atoms with E-state index in [1.807, 2.05) is 18.9 Å². The molecule has 0 aromatic carbocycles. The van der Waals surface area contributed by atoms with Crippen LogP contribution in [0, 0.1) is 0 Å². The van der Waals surface area contributed by atoms with E-state index in [0.29, 0.717) is 18.5 Å². The Labute approximate surface area is 98.5 Å². The molecule has 2 aliphatic rings. The van der Waals surface area contributed by atoms with Crippen molar-refractivity contribution in [2.75, 3.05) is 7.05 Å². The monoisotopic (exact) mass is 244 g/mol. The second-order valence-electron chi connectivity index (χ2n) is 4.31. The summed E-state index contributed by atoms with van der Waals surface area (Å²) in [6.07, 6.45) is 0.0583. The highest BCUT2D eigenvalue weighted by molar-refractivity contribution is 5.86. The van der Waals surface area contributed by atoms with E-state index in [1.54, 1.807) is 0 Å². The van der Waals surface area contributed by atoms with Crippen molar-refractivity contribution in [1.29, 1.82) is 0 Å². The van der Waals surface area contributed by atoms with E-state index in [4.69, 9.17) is 0 Å². The maximum atomic E-state index is 12.7. The molecule has 0 amide bonds. The van der Waals surface area contributed by atoms with Crippen LogP contribution in [0.15, 0.2) is 28.4 Å². The number of hydrogen-bond acceptors (Lipinski definition) is 2. The number of hydrogen-bond donors (Lipinski definition) is 0. The third-order valence-corrected chi connectivity index (χ3v) is 3.23. The fraction of sp³-hybridized carbons (Fsp3) is 0.583. The molecule has 1 atom stereocenters. The SMILES string of the molecule is CCC1=NC2=CC(C(F)(F)F)=CCCC2N1C. The van der Waals surface area contributed by atoms with Gasteiger partial charge >= 0.3 is 6.18 Å². The standard InChI is InChI=1S/C12H15F3N2/c1-3-11-16-9-7-8(12(13,14)15)5-4-6-10(9)17(11)2/h5,7,10H,3-4,6H2,1-2H3. The Hall–Kier alpha value is -1.26. The van der Waals surface area contributed by atoms with Crippen LogP contribution in [0.3, 0.4) is 0 Å². The molecule has 5 heteroatoms. The summed E-state index contributed by atoms with van der Waals surface area (Å²) in [5.74, 6) is 0.865. The zero-order valence-electron chi connectivity index (χ0n) is 9.88. The lowest BCUT2D eigenvalue weighted by atomic mass is 10.1. The second kappa shape index (κ2) is 4.20. The average molecular weight is 244 g/mol. The molecular weight excluding hydrogens is 229 g/mol. The van der Waals surface area contributed by atoms with Gasteiger partial charge in [-0.2, -0.15) is 13.2 Å². The first-order valence-corrected chi connectivity index (χ1v) is 5.73. The highest BCUT2D eigenvalue weighted by Crippen LogP contribution is 2.34. The van der Waals surface area contributed by atoms with Gasteiger partial charge in [0.25, 0.3) is 0 Å². The van der Waals surface area contributed by atoms with Crippen molar-refractivity contribution >= 4 is 5.84 Å². The van der Waals surface area contributed by atoms with E-state index in [0.717, 1.165) is 12.3 Å². The molecule has 1 aliphatic carbocycles. The minimum Gasteiger partial charge on any atom is -0.354 e. The molecule has 1 aliphatic heterocycles. The van der Waals surface area contributed by atoms with Crippen LogP contribution in [0.1, 0.15) is 26.2 Å². The summed E-state index contributed by atoms with van der Waals surface area (Å²) in [6, 6.07) is 0.000972. The minimum absolute atomic E-state index is 0.000972. The Morgan fingerprint density at radius 2 is 2.18 bits per heavy atom. The van der Waals surface area contributed by atoms with Crippen molar-refractivity contribution in [3.8, 4) is 0 Å². The van der Waals surface area contributed by atoms with Crippen LogP contribution in [0.5, 0.6) is 0 Å². The summed E-state index contributed by atoms with van der Waals surface area (Å²) in [5.41, 5.74) is -0.0186. The molecule has 0 saturated heterocycles. The molecule has 0 N–H and O–H groups in total. The Morgan fingerprint density at radius 1 is 1.47 bits per heavy atom. The Bertz CT molecular complexity index is 404. The molecule has 0 radical (unpaired) electrons. The fourth-order valence-corrected chi connectivity index (χ4v) is 2.29. The lowest BCUT2D eigenvalue weighted by Gasteiger charge is -2.22. The maximum Gasteiger partial charge on any atom is 0.416 e. The summed E-state index contributed by atoms with van der Waals surface area (Å²) in [6.45, 7) is 1.96. The van der Waals surface area contributed by atoms with Crippen molar-refractivity contribution < 1.29 is 13.2 Å². The second-order valence-corrected chi connectivity index (χ2v) is 4.31. The third kappa shape index (κ3) is 2.23. The van der Waals surface area contributed by atoms with Gasteiger partial charge in [0.15, 0.2) is 0 Å². The van der Waals surface area contributed by atoms with Crippen molar-refractivity contribution in [2.45, 2.75) is 38.4 Å². The van der Waals surface area contributed by atoms with E-state index in [2.05, 4.69) is 4.99 Å². The van der Waals surface area contributed by atoms with Gasteiger partial charge < -0.3 is 4.90 Å². The van der Waals surface area contributed by atoms with Gasteiger partial charge in [-0.1, -0.05) is 13.0 Å². The zero-order valence-corrected chi connectivity index (χ0v) is 9.88. The number of likely N-dealkylation sites (N-methyl/N-ethyl adjacent to an activating group) is 1. The van der Waals surface area contributed by atoms with Gasteiger partial charge in [0, 0.05) is 13.5 Å². The highest BCUT2D eigenvalue weighted by atomic mass is 19.4. The van der Waals surface area contributed by atoms with Crippen molar-refractivity contribution in [2.24, 2.45) is 4.99 Å². The molecule has 2 nitrogen and oxygen atoms in total. The lowest BCUT2D eigenvalue weighted by molar-refractivity contribution is -0.0884. The zero-order chi connectivity index (χ0) is 12.6. The molecule has 0 spiro atoms. The topological polar surface area (TPSA) is 15.6 Å². The smallest absolute Gasteiger partial charge is 0.354 e. The average Bonchev–Trinajstić information content (AvgIpc) is 2.45. The molecule has 0 aromatic heterocycles. The number of rotatable bonds is 1. The van der Waals surface area contributed by atoms with Crippen molar-refractivity contribution in [3.63, 3.8) is 0 Å². The summed E-state index contributed by atoms with van der Waals surface area (Å²) in [5, 5.41) is 0. The Morgan fingerprint density at radius 3 is 2.76 bits per heavy atom. The Balaban J connectivity index is 2.34. The van der Waals surface area contributed by atoms with Crippen molar-refractivity contribution in [3.05, 3.63) is 23.4 Å². The van der Waals surface area contributed by atoms with Gasteiger partial charge in [0.05, 0.1) is 17.3 Å². The van der Waals surface area contributed by atoms with Crippen LogP contribution in [0.4, 0.5) is 13.2 Å². The number of alkyl halides is 3. The Kier molecular flexibility index (Phi) is 3.02. The quantitative estimate of drug-likeness (QED) is 0.691. The first kappa shape index (κ1) is 12.2. The van der Waals surface area contributed by atoms with Crippen LogP contribution in [0.25, 0.3) is 0 Å². The number of fused-ring (bicyclic) bond motifs is 1. The van der Waals surface area contributed by atoms with Crippen molar-refractivity contribution in [1.82, 2.24) is 4.90 Å². The van der Waals surface area contributed by atoms with E-state index >= 15 is 0 Å². The molecule has 0 aromatic rings. The summed E-state index contributed by atoms with van der Waals surface area (Å²) in [7, 11) is 1.90. The van der Waals surface area contributed by atoms with E-state index in [1.165, 1.54) is 12.2 Å². The van der Waals surface area contributed by atoms with Crippen LogP contribution < -0.4 is 0 Å². The summed E-state index contributed by atoms with van der Waals surface area (Å²) in [4.78, 5) is 6.28. The molecular formula is C12H15F3N2. The molecule has 1 unspecified atom stereocenters. The van der Waals surface area contributed by atoms with Crippen LogP contribution in [0.2, 0.25) is 0 Å². The van der Waals surface area contributed by atoms with Gasteiger partial charge in [0.2, 0.25) is 0 Å². The summed E-state index contributed by atoms with van der Waals surface area (Å²) >= 11 is 0. The van der Waals surface area contributed by atoms with Crippen LogP contribution >= 0.6 is 0 Å². The molecule has 17 heavy (non-hydrogen) atoms. The third-order valence-electron chi connectivity index (χ3n) is 3.23. The van der Waals surface area contributed by atoms with Gasteiger partial charge in [-0.25, -0.2) is 4.99 Å². The fourth-order valence-electron chi connectivity index (χ4n) is 2.29. The minimum atomic E-state index is -4.27. The number of allylic oxidation sites excluding steroid dienone is 3. The predicted molar refractivity (Wildman–Crippen MR) is 60.7 cm³/mol. The molecule has 1 heterocycles. The highest BCUT2D eigenvalue weighted by Gasteiger charge is 2.36. The molecule has 0 bridgehead atoms. The van der Waals surface area contributed by atoms with Crippen LogP contribution in [-0.2, 0) is 0 Å². The summed E-state index contributed by atoms with van der Waals surface area (Å²) < 4.78 is 38.0. The number of halogens is 3. The predicted octanol–water partition coefficient (Wildman–Crippen LogP) is 3.28. The molecule has 0 saturated carbocycles. The first-order chi connectivity index (χ1) is 7.93. The normalized spacial score (nSPS) is 24.9. The number of aliphatic imine (C=N–C) groups is 1. The van der Waals surface area contributed by atoms with Gasteiger partial charge in [-0.3, -0.25) is 0 Å². The van der Waals surface area contributed by atoms with Gasteiger partial charge in [0.1, 0.15) is 5.84 Å². The largest absolute Gasteiger partial charge is 0.416 e. The first-order valence-electron chi connectivity index (χ1n) is 5.73. The number of amidine groups is 1.